The summed E-state index contributed by atoms with van der Waals surface area (Å²) < 4.78 is 36.1. The Morgan fingerprint density at radius 3 is 2.32 bits per heavy atom. The minimum atomic E-state index is -0.663. The third-order valence-corrected chi connectivity index (χ3v) is 4.72. The van der Waals surface area contributed by atoms with Gasteiger partial charge in [0.1, 0.15) is 23.9 Å². The van der Waals surface area contributed by atoms with Crippen LogP contribution in [0.25, 0.3) is 0 Å². The van der Waals surface area contributed by atoms with E-state index in [1.165, 1.54) is 0 Å². The van der Waals surface area contributed by atoms with Crippen LogP contribution in [0.1, 0.15) is 34.1 Å². The molecule has 4 heterocycles. The van der Waals surface area contributed by atoms with Gasteiger partial charge in [-0.2, -0.15) is 0 Å². The second-order valence-electron chi connectivity index (χ2n) is 7.29. The number of fused-ring (bicyclic) bond motifs is 2. The van der Waals surface area contributed by atoms with Gasteiger partial charge in [-0.25, -0.2) is 0 Å². The van der Waals surface area contributed by atoms with Crippen LogP contribution in [-0.2, 0) is 28.4 Å². The fourth-order valence-electron chi connectivity index (χ4n) is 3.84. The summed E-state index contributed by atoms with van der Waals surface area (Å²) in [5.41, 5.74) is -0.582. The summed E-state index contributed by atoms with van der Waals surface area (Å²) in [6.07, 6.45) is 3.71. The minimum Gasteiger partial charge on any atom is -0.365 e. The van der Waals surface area contributed by atoms with Crippen molar-refractivity contribution >= 4 is 0 Å². The number of hydrogen-bond donors (Lipinski definition) is 0. The zero-order chi connectivity index (χ0) is 15.6. The summed E-state index contributed by atoms with van der Waals surface area (Å²) in [7, 11) is 0. The summed E-state index contributed by atoms with van der Waals surface area (Å²) in [5.74, 6) is -1.26. The monoisotopic (exact) mass is 312 g/mol. The predicted molar refractivity (Wildman–Crippen MR) is 76.0 cm³/mol. The zero-order valence-corrected chi connectivity index (χ0v) is 13.5. The highest BCUT2D eigenvalue weighted by Crippen LogP contribution is 2.50. The van der Waals surface area contributed by atoms with E-state index in [9.17, 15) is 0 Å². The molecule has 6 nitrogen and oxygen atoms in total. The van der Waals surface area contributed by atoms with Crippen LogP contribution in [0.3, 0.4) is 0 Å². The summed E-state index contributed by atoms with van der Waals surface area (Å²) in [5, 5.41) is 0. The second kappa shape index (κ2) is 4.75. The normalized spacial score (nSPS) is 48.9. The molecular weight excluding hydrogens is 288 g/mol. The zero-order valence-electron chi connectivity index (χ0n) is 13.5. The highest BCUT2D eigenvalue weighted by Gasteiger charge is 2.67. The molecule has 3 fully saturated rings. The van der Waals surface area contributed by atoms with Crippen LogP contribution in [-0.4, -0.2) is 55.0 Å². The molecule has 0 radical (unpaired) electrons. The van der Waals surface area contributed by atoms with Crippen molar-refractivity contribution in [3.05, 3.63) is 12.2 Å². The fourth-order valence-corrected chi connectivity index (χ4v) is 3.84. The predicted octanol–water partition coefficient (Wildman–Crippen LogP) is 1.73. The summed E-state index contributed by atoms with van der Waals surface area (Å²) in [6.45, 7) is 8.64. The summed E-state index contributed by atoms with van der Waals surface area (Å²) >= 11 is 0. The fraction of sp³-hybridized carbons (Fsp3) is 0.875. The van der Waals surface area contributed by atoms with E-state index in [0.717, 1.165) is 6.42 Å². The maximum absolute atomic E-state index is 6.18. The topological polar surface area (TPSA) is 55.4 Å². The molecule has 0 N–H and O–H groups in total. The van der Waals surface area contributed by atoms with Gasteiger partial charge in [-0.15, -0.1) is 0 Å². The maximum atomic E-state index is 6.18. The van der Waals surface area contributed by atoms with E-state index in [4.69, 9.17) is 28.4 Å². The lowest BCUT2D eigenvalue weighted by molar-refractivity contribution is -0.254. The van der Waals surface area contributed by atoms with Gasteiger partial charge in [-0.05, 0) is 34.1 Å². The quantitative estimate of drug-likeness (QED) is 0.687. The molecule has 5 atom stereocenters. The van der Waals surface area contributed by atoms with E-state index in [1.807, 2.05) is 33.8 Å². The smallest absolute Gasteiger partial charge is 0.190 e. The average Bonchev–Trinajstić information content (AvgIpc) is 3.03. The first kappa shape index (κ1) is 15.1. The average molecular weight is 312 g/mol. The lowest BCUT2D eigenvalue weighted by Crippen LogP contribution is -2.56. The number of ether oxygens (including phenoxy) is 6. The van der Waals surface area contributed by atoms with Gasteiger partial charge in [0.15, 0.2) is 17.9 Å². The first-order valence-corrected chi connectivity index (χ1v) is 7.93. The van der Waals surface area contributed by atoms with Gasteiger partial charge in [0.2, 0.25) is 0 Å². The third kappa shape index (κ3) is 2.25. The Hall–Kier alpha value is -0.500. The largest absolute Gasteiger partial charge is 0.365 e. The standard InChI is InChI=1S/C16H24O6/c1-14(2)18-9-10(20-14)11-16(7-5-6-8-17-16)12-13(19-11)22-15(3,4)21-12/h5-6,10-13H,7-9H2,1-4H3/t10-,11-,12+,13-,16-/m1/s1. The molecule has 0 amide bonds. The van der Waals surface area contributed by atoms with Crippen LogP contribution in [0.15, 0.2) is 12.2 Å². The molecular formula is C16H24O6. The van der Waals surface area contributed by atoms with Gasteiger partial charge in [0.25, 0.3) is 0 Å². The second-order valence-corrected chi connectivity index (χ2v) is 7.29. The van der Waals surface area contributed by atoms with Gasteiger partial charge in [0, 0.05) is 0 Å². The van der Waals surface area contributed by atoms with Crippen LogP contribution in [0.2, 0.25) is 0 Å². The number of rotatable bonds is 1. The molecule has 0 saturated carbocycles. The third-order valence-electron chi connectivity index (χ3n) is 4.72. The molecule has 0 aromatic heterocycles. The molecule has 0 unspecified atom stereocenters. The van der Waals surface area contributed by atoms with Crippen molar-refractivity contribution in [3.63, 3.8) is 0 Å². The van der Waals surface area contributed by atoms with Crippen molar-refractivity contribution in [2.24, 2.45) is 0 Å². The molecule has 4 aliphatic rings. The van der Waals surface area contributed by atoms with Crippen molar-refractivity contribution in [2.75, 3.05) is 13.2 Å². The number of hydrogen-bond acceptors (Lipinski definition) is 6. The van der Waals surface area contributed by atoms with E-state index in [0.29, 0.717) is 13.2 Å². The Balaban J connectivity index is 1.64. The van der Waals surface area contributed by atoms with Gasteiger partial charge >= 0.3 is 0 Å². The lowest BCUT2D eigenvalue weighted by Gasteiger charge is -2.40. The Kier molecular flexibility index (Phi) is 3.25. The molecule has 0 aliphatic carbocycles. The van der Waals surface area contributed by atoms with Gasteiger partial charge in [-0.1, -0.05) is 12.2 Å². The van der Waals surface area contributed by atoms with E-state index in [1.54, 1.807) is 0 Å². The van der Waals surface area contributed by atoms with Crippen molar-refractivity contribution in [3.8, 4) is 0 Å². The van der Waals surface area contributed by atoms with E-state index in [-0.39, 0.29) is 18.3 Å². The maximum Gasteiger partial charge on any atom is 0.190 e. The highest BCUT2D eigenvalue weighted by atomic mass is 16.9. The van der Waals surface area contributed by atoms with E-state index in [2.05, 4.69) is 6.08 Å². The molecule has 0 aromatic rings. The van der Waals surface area contributed by atoms with Crippen molar-refractivity contribution in [1.29, 1.82) is 0 Å². The Bertz CT molecular complexity index is 487. The van der Waals surface area contributed by atoms with Crippen LogP contribution in [0.4, 0.5) is 0 Å². The molecule has 6 heteroatoms. The van der Waals surface area contributed by atoms with Crippen LogP contribution >= 0.6 is 0 Å². The molecule has 124 valence electrons. The van der Waals surface area contributed by atoms with Crippen LogP contribution in [0, 0.1) is 0 Å². The van der Waals surface area contributed by atoms with Crippen LogP contribution < -0.4 is 0 Å². The molecule has 4 aliphatic heterocycles. The summed E-state index contributed by atoms with van der Waals surface area (Å²) in [4.78, 5) is 0. The SMILES string of the molecule is CC1(C)OC[C@H]([C@H]2O[C@@H]3OC(C)(C)O[C@@H]3[C@@]23CC=CCO3)O1. The summed E-state index contributed by atoms with van der Waals surface area (Å²) in [6, 6.07) is 0. The molecule has 22 heavy (non-hydrogen) atoms. The molecule has 1 spiro atoms. The van der Waals surface area contributed by atoms with Gasteiger partial charge in [-0.3, -0.25) is 0 Å². The first-order valence-electron chi connectivity index (χ1n) is 7.93. The Morgan fingerprint density at radius 1 is 0.864 bits per heavy atom. The van der Waals surface area contributed by atoms with Crippen molar-refractivity contribution in [1.82, 2.24) is 0 Å². The minimum absolute atomic E-state index is 0.192. The Morgan fingerprint density at radius 2 is 1.68 bits per heavy atom. The van der Waals surface area contributed by atoms with Crippen LogP contribution in [0.5, 0.6) is 0 Å². The molecule has 3 saturated heterocycles. The lowest BCUT2D eigenvalue weighted by atomic mass is 9.84. The van der Waals surface area contributed by atoms with Crippen molar-refractivity contribution in [2.45, 2.75) is 75.9 Å². The Labute approximate surface area is 130 Å². The molecule has 0 bridgehead atoms. The van der Waals surface area contributed by atoms with Crippen molar-refractivity contribution < 1.29 is 28.4 Å². The van der Waals surface area contributed by atoms with Gasteiger partial charge in [0.05, 0.1) is 13.2 Å². The van der Waals surface area contributed by atoms with Gasteiger partial charge < -0.3 is 28.4 Å². The first-order chi connectivity index (χ1) is 10.3. The van der Waals surface area contributed by atoms with E-state index >= 15 is 0 Å². The highest BCUT2D eigenvalue weighted by molar-refractivity contribution is 5.14. The van der Waals surface area contributed by atoms with E-state index < -0.39 is 23.5 Å². The molecule has 0 aromatic carbocycles. The molecule has 4 rings (SSSR count).